The lowest BCUT2D eigenvalue weighted by molar-refractivity contribution is -0.140. The second-order valence-electron chi connectivity index (χ2n) is 10.8. The molecule has 0 saturated carbocycles. The van der Waals surface area contributed by atoms with Crippen molar-refractivity contribution in [1.82, 2.24) is 10.2 Å². The number of hydrogen-bond acceptors (Lipinski definition) is 4. The van der Waals surface area contributed by atoms with Crippen LogP contribution < -0.4 is 9.62 Å². The van der Waals surface area contributed by atoms with E-state index in [4.69, 9.17) is 23.2 Å². The number of aryl methyl sites for hydroxylation is 2. The zero-order valence-electron chi connectivity index (χ0n) is 23.5. The van der Waals surface area contributed by atoms with E-state index >= 15 is 0 Å². The first kappa shape index (κ1) is 31.5. The van der Waals surface area contributed by atoms with Crippen LogP contribution in [-0.4, -0.2) is 43.3 Å². The molecule has 10 heteroatoms. The van der Waals surface area contributed by atoms with Gasteiger partial charge < -0.3 is 10.2 Å². The molecule has 3 rings (SSSR count). The van der Waals surface area contributed by atoms with Gasteiger partial charge in [-0.25, -0.2) is 8.42 Å². The summed E-state index contributed by atoms with van der Waals surface area (Å²) >= 11 is 12.3. The lowest BCUT2D eigenvalue weighted by Gasteiger charge is -2.33. The van der Waals surface area contributed by atoms with Gasteiger partial charge >= 0.3 is 0 Å². The lowest BCUT2D eigenvalue weighted by atomic mass is 10.1. The van der Waals surface area contributed by atoms with Gasteiger partial charge in [-0.3, -0.25) is 13.9 Å². The van der Waals surface area contributed by atoms with Gasteiger partial charge in [0.05, 0.1) is 20.6 Å². The Bertz CT molecular complexity index is 1490. The minimum absolute atomic E-state index is 0.0145. The molecule has 0 fully saturated rings. The van der Waals surface area contributed by atoms with Gasteiger partial charge in [-0.1, -0.05) is 53.5 Å². The summed E-state index contributed by atoms with van der Waals surface area (Å²) in [7, 11) is -4.13. The maximum absolute atomic E-state index is 14.0. The maximum Gasteiger partial charge on any atom is 0.264 e. The number of nitrogens with one attached hydrogen (secondary N) is 1. The Kier molecular flexibility index (Phi) is 9.93. The predicted octanol–water partition coefficient (Wildman–Crippen LogP) is 6.14. The number of amides is 2. The number of sulfonamides is 1. The lowest BCUT2D eigenvalue weighted by Crippen LogP contribution is -2.54. The molecule has 1 N–H and O–H groups in total. The third-order valence-corrected chi connectivity index (χ3v) is 8.92. The van der Waals surface area contributed by atoms with Crippen molar-refractivity contribution >= 4 is 50.7 Å². The fraction of sp³-hybridized carbons (Fsp3) is 0.333. The SMILES string of the molecule is Cc1ccc(N(CC(=O)N(Cc2ccc(Cl)c(Cl)c2)[C@H](C)C(=O)NC(C)(C)C)S(=O)(=O)c2ccccc2)cc1C. The molecule has 1 atom stereocenters. The average molecular weight is 605 g/mol. The molecule has 3 aromatic carbocycles. The van der Waals surface area contributed by atoms with Crippen LogP contribution in [0.15, 0.2) is 71.6 Å². The highest BCUT2D eigenvalue weighted by atomic mass is 35.5. The molecule has 40 heavy (non-hydrogen) atoms. The van der Waals surface area contributed by atoms with Gasteiger partial charge in [0.25, 0.3) is 10.0 Å². The predicted molar refractivity (Wildman–Crippen MR) is 161 cm³/mol. The van der Waals surface area contributed by atoms with Gasteiger partial charge in [-0.2, -0.15) is 0 Å². The summed E-state index contributed by atoms with van der Waals surface area (Å²) in [5, 5.41) is 3.57. The fourth-order valence-electron chi connectivity index (χ4n) is 4.02. The van der Waals surface area contributed by atoms with E-state index in [-0.39, 0.29) is 17.3 Å². The van der Waals surface area contributed by atoms with Crippen LogP contribution in [0.2, 0.25) is 10.0 Å². The van der Waals surface area contributed by atoms with E-state index in [0.29, 0.717) is 21.3 Å². The highest BCUT2D eigenvalue weighted by Gasteiger charge is 2.33. The topological polar surface area (TPSA) is 86.8 Å². The Hall–Kier alpha value is -3.07. The average Bonchev–Trinajstić information content (AvgIpc) is 2.88. The molecule has 0 saturated heterocycles. The first-order chi connectivity index (χ1) is 18.6. The molecular formula is C30H35Cl2N3O4S. The Morgan fingerprint density at radius 2 is 1.55 bits per heavy atom. The van der Waals surface area contributed by atoms with Crippen LogP contribution in [0.25, 0.3) is 0 Å². The zero-order chi connectivity index (χ0) is 29.8. The number of benzene rings is 3. The molecule has 0 aliphatic rings. The highest BCUT2D eigenvalue weighted by molar-refractivity contribution is 7.92. The summed E-state index contributed by atoms with van der Waals surface area (Å²) in [5.41, 5.74) is 2.32. The number of carbonyl (C=O) groups excluding carboxylic acids is 2. The third kappa shape index (κ3) is 7.77. The van der Waals surface area contributed by atoms with Crippen molar-refractivity contribution < 1.29 is 18.0 Å². The molecule has 0 aliphatic heterocycles. The summed E-state index contributed by atoms with van der Waals surface area (Å²) in [5.74, 6) is -0.926. The minimum atomic E-state index is -4.13. The molecule has 0 aromatic heterocycles. The molecule has 0 aliphatic carbocycles. The Balaban J connectivity index is 2.06. The van der Waals surface area contributed by atoms with Crippen LogP contribution in [0.5, 0.6) is 0 Å². The fourth-order valence-corrected chi connectivity index (χ4v) is 5.77. The molecule has 0 heterocycles. The Morgan fingerprint density at radius 1 is 0.900 bits per heavy atom. The van der Waals surface area contributed by atoms with Gasteiger partial charge in [0.2, 0.25) is 11.8 Å². The maximum atomic E-state index is 14.0. The number of carbonyl (C=O) groups is 2. The second-order valence-corrected chi connectivity index (χ2v) is 13.5. The molecular weight excluding hydrogens is 569 g/mol. The van der Waals surface area contributed by atoms with E-state index in [1.54, 1.807) is 55.5 Å². The number of nitrogens with zero attached hydrogens (tertiary/aromatic N) is 2. The second kappa shape index (κ2) is 12.6. The van der Waals surface area contributed by atoms with Crippen molar-refractivity contribution in [2.45, 2.75) is 64.6 Å². The molecule has 0 bridgehead atoms. The number of anilines is 1. The molecule has 0 spiro atoms. The summed E-state index contributed by atoms with van der Waals surface area (Å²) in [4.78, 5) is 28.6. The van der Waals surface area contributed by atoms with E-state index in [2.05, 4.69) is 5.32 Å². The monoisotopic (exact) mass is 603 g/mol. The van der Waals surface area contributed by atoms with Crippen LogP contribution in [-0.2, 0) is 26.2 Å². The highest BCUT2D eigenvalue weighted by Crippen LogP contribution is 2.27. The summed E-state index contributed by atoms with van der Waals surface area (Å²) < 4.78 is 28.8. The van der Waals surface area contributed by atoms with Gasteiger partial charge in [0.1, 0.15) is 12.6 Å². The summed E-state index contributed by atoms with van der Waals surface area (Å²) in [6, 6.07) is 17.2. The zero-order valence-corrected chi connectivity index (χ0v) is 25.9. The van der Waals surface area contributed by atoms with E-state index in [1.807, 2.05) is 40.7 Å². The number of halogens is 2. The largest absolute Gasteiger partial charge is 0.350 e. The third-order valence-electron chi connectivity index (χ3n) is 6.39. The van der Waals surface area contributed by atoms with Gasteiger partial charge in [0.15, 0.2) is 0 Å². The Labute approximate surface area is 247 Å². The molecule has 7 nitrogen and oxygen atoms in total. The standard InChI is InChI=1S/C30H35Cl2N3O4S/c1-20-12-14-24(16-21(20)2)35(40(38,39)25-10-8-7-9-11-25)19-28(36)34(22(3)29(37)33-30(4,5)6)18-23-13-15-26(31)27(32)17-23/h7-17,22H,18-19H2,1-6H3,(H,33,37)/t22-/m1/s1. The van der Waals surface area contributed by atoms with Crippen molar-refractivity contribution in [1.29, 1.82) is 0 Å². The molecule has 214 valence electrons. The van der Waals surface area contributed by atoms with Crippen molar-refractivity contribution in [2.24, 2.45) is 0 Å². The molecule has 0 unspecified atom stereocenters. The van der Waals surface area contributed by atoms with Gasteiger partial charge in [-0.05, 0) is 94.6 Å². The number of rotatable bonds is 9. The van der Waals surface area contributed by atoms with Crippen molar-refractivity contribution in [3.05, 3.63) is 93.5 Å². The van der Waals surface area contributed by atoms with E-state index < -0.39 is 34.1 Å². The Morgan fingerprint density at radius 3 is 2.12 bits per heavy atom. The van der Waals surface area contributed by atoms with Crippen molar-refractivity contribution in [3.63, 3.8) is 0 Å². The van der Waals surface area contributed by atoms with Crippen LogP contribution in [0, 0.1) is 13.8 Å². The van der Waals surface area contributed by atoms with Gasteiger partial charge in [0, 0.05) is 12.1 Å². The molecule has 2 amide bonds. The van der Waals surface area contributed by atoms with Crippen LogP contribution in [0.4, 0.5) is 5.69 Å². The van der Waals surface area contributed by atoms with E-state index in [9.17, 15) is 18.0 Å². The summed E-state index contributed by atoms with van der Waals surface area (Å²) in [6.45, 7) is 10.4. The number of hydrogen-bond donors (Lipinski definition) is 1. The molecule has 0 radical (unpaired) electrons. The summed E-state index contributed by atoms with van der Waals surface area (Å²) in [6.07, 6.45) is 0. The normalized spacial score (nSPS) is 12.5. The van der Waals surface area contributed by atoms with Crippen molar-refractivity contribution in [3.8, 4) is 0 Å². The minimum Gasteiger partial charge on any atom is -0.350 e. The van der Waals surface area contributed by atoms with Crippen molar-refractivity contribution in [2.75, 3.05) is 10.8 Å². The quantitative estimate of drug-likeness (QED) is 0.318. The van der Waals surface area contributed by atoms with Crippen LogP contribution in [0.1, 0.15) is 44.4 Å². The smallest absolute Gasteiger partial charge is 0.264 e. The van der Waals surface area contributed by atoms with Crippen LogP contribution in [0.3, 0.4) is 0 Å². The van der Waals surface area contributed by atoms with E-state index in [1.165, 1.54) is 17.0 Å². The van der Waals surface area contributed by atoms with E-state index in [0.717, 1.165) is 15.4 Å². The molecule has 3 aromatic rings. The first-order valence-corrected chi connectivity index (χ1v) is 15.0. The van der Waals surface area contributed by atoms with Gasteiger partial charge in [-0.15, -0.1) is 0 Å². The van der Waals surface area contributed by atoms with Crippen LogP contribution >= 0.6 is 23.2 Å². The first-order valence-electron chi connectivity index (χ1n) is 12.8.